The summed E-state index contributed by atoms with van der Waals surface area (Å²) in [7, 11) is 3.92. The predicted octanol–water partition coefficient (Wildman–Crippen LogP) is 5.66. The minimum absolute atomic E-state index is 0.0311. The van der Waals surface area contributed by atoms with Crippen molar-refractivity contribution in [2.45, 2.75) is 12.8 Å². The number of nitrogens with zero attached hydrogens (tertiary/aromatic N) is 5. The van der Waals surface area contributed by atoms with Crippen LogP contribution in [0.4, 0.5) is 10.1 Å². The van der Waals surface area contributed by atoms with E-state index in [-0.39, 0.29) is 17.6 Å². The summed E-state index contributed by atoms with van der Waals surface area (Å²) >= 11 is 0. The zero-order valence-electron chi connectivity index (χ0n) is 23.7. The molecule has 6 aromatic rings. The lowest BCUT2D eigenvalue weighted by Gasteiger charge is -2.12. The molecule has 1 fully saturated rings. The average molecular weight is 577 g/mol. The van der Waals surface area contributed by atoms with Gasteiger partial charge in [0.2, 0.25) is 5.91 Å². The third-order valence-electron chi connectivity index (χ3n) is 7.50. The van der Waals surface area contributed by atoms with Gasteiger partial charge in [0, 0.05) is 64.6 Å². The topological polar surface area (TPSA) is 125 Å². The number of hydrogen-bond acceptors (Lipinski definition) is 7. The van der Waals surface area contributed by atoms with Gasteiger partial charge in [0.15, 0.2) is 5.65 Å². The normalized spacial score (nSPS) is 13.2. The van der Waals surface area contributed by atoms with Crippen molar-refractivity contribution in [3.63, 3.8) is 0 Å². The number of carbonyl (C=O) groups excluding carboxylic acids is 1. The van der Waals surface area contributed by atoms with Crippen LogP contribution in [0.2, 0.25) is 0 Å². The van der Waals surface area contributed by atoms with Crippen LogP contribution in [0.1, 0.15) is 12.8 Å². The molecular formula is C32H29FN8O2. The first-order valence-electron chi connectivity index (χ1n) is 14.1. The Kier molecular flexibility index (Phi) is 6.78. The van der Waals surface area contributed by atoms with E-state index < -0.39 is 0 Å². The summed E-state index contributed by atoms with van der Waals surface area (Å²) in [5.41, 5.74) is 6.66. The minimum Gasteiger partial charge on any atom is -0.492 e. The Labute approximate surface area is 246 Å². The minimum atomic E-state index is -0.381. The largest absolute Gasteiger partial charge is 0.492 e. The van der Waals surface area contributed by atoms with Gasteiger partial charge in [0.25, 0.3) is 0 Å². The Morgan fingerprint density at radius 1 is 0.977 bits per heavy atom. The van der Waals surface area contributed by atoms with E-state index in [1.54, 1.807) is 31.0 Å². The van der Waals surface area contributed by atoms with E-state index in [1.807, 2.05) is 43.3 Å². The fraction of sp³-hybridized carbons (Fsp3) is 0.219. The molecule has 0 unspecified atom stereocenters. The molecule has 3 N–H and O–H groups in total. The highest BCUT2D eigenvalue weighted by Crippen LogP contribution is 2.36. The van der Waals surface area contributed by atoms with Crippen molar-refractivity contribution in [2.75, 3.05) is 32.6 Å². The van der Waals surface area contributed by atoms with Crippen molar-refractivity contribution in [1.82, 2.24) is 35.0 Å². The summed E-state index contributed by atoms with van der Waals surface area (Å²) in [5, 5.41) is 12.2. The predicted molar refractivity (Wildman–Crippen MR) is 163 cm³/mol. The zero-order chi connectivity index (χ0) is 29.5. The number of carbonyl (C=O) groups is 1. The fourth-order valence-electron chi connectivity index (χ4n) is 5.08. The van der Waals surface area contributed by atoms with Crippen LogP contribution in [0, 0.1) is 11.7 Å². The van der Waals surface area contributed by atoms with Crippen molar-refractivity contribution in [3.8, 4) is 39.4 Å². The molecule has 0 bridgehead atoms. The maximum Gasteiger partial charge on any atom is 0.227 e. The Bertz CT molecular complexity index is 1980. The highest BCUT2D eigenvalue weighted by atomic mass is 19.1. The number of benzene rings is 1. The standard InChI is InChI=1S/C32H29FN8O2/c1-41(2)5-6-43-24-9-19(7-22(33)11-24)27-16-35-17-29-25(27)12-28(38-29)30-26-10-21(14-36-31(26)40-39-30)20-8-23(15-34-13-20)37-32(42)18-3-4-18/h7-18,38H,3-6H2,1-2H3,(H,37,42)(H,36,39,40). The highest BCUT2D eigenvalue weighted by molar-refractivity contribution is 6.01. The number of likely N-dealkylation sites (N-methyl/N-ethyl adjacent to an activating group) is 1. The molecule has 0 saturated heterocycles. The van der Waals surface area contributed by atoms with Gasteiger partial charge in [-0.1, -0.05) is 0 Å². The zero-order valence-corrected chi connectivity index (χ0v) is 23.7. The summed E-state index contributed by atoms with van der Waals surface area (Å²) in [4.78, 5) is 31.0. The molecule has 7 rings (SSSR count). The molecule has 0 atom stereocenters. The van der Waals surface area contributed by atoms with Crippen molar-refractivity contribution < 1.29 is 13.9 Å². The number of aromatic amines is 2. The van der Waals surface area contributed by atoms with E-state index in [9.17, 15) is 9.18 Å². The van der Waals surface area contributed by atoms with E-state index in [4.69, 9.17) is 4.74 Å². The first kappa shape index (κ1) is 26.7. The number of pyridine rings is 3. The first-order chi connectivity index (χ1) is 20.9. The van der Waals surface area contributed by atoms with Crippen LogP contribution in [-0.2, 0) is 4.79 Å². The van der Waals surface area contributed by atoms with Gasteiger partial charge in [-0.15, -0.1) is 0 Å². The van der Waals surface area contributed by atoms with E-state index in [0.717, 1.165) is 63.8 Å². The molecule has 10 nitrogen and oxygen atoms in total. The smallest absolute Gasteiger partial charge is 0.227 e. The van der Waals surface area contributed by atoms with E-state index in [2.05, 4.69) is 35.5 Å². The number of hydrogen-bond donors (Lipinski definition) is 3. The summed E-state index contributed by atoms with van der Waals surface area (Å²) in [6.07, 6.45) is 10.5. The van der Waals surface area contributed by atoms with Crippen molar-refractivity contribution in [1.29, 1.82) is 0 Å². The molecule has 1 aromatic carbocycles. The van der Waals surface area contributed by atoms with Gasteiger partial charge >= 0.3 is 0 Å². The van der Waals surface area contributed by atoms with Gasteiger partial charge < -0.3 is 19.9 Å². The number of fused-ring (bicyclic) bond motifs is 2. The molecule has 1 aliphatic rings. The molecule has 216 valence electrons. The average Bonchev–Trinajstić information content (AvgIpc) is 3.62. The summed E-state index contributed by atoms with van der Waals surface area (Å²) in [6, 6.07) is 10.6. The lowest BCUT2D eigenvalue weighted by atomic mass is 10.0. The summed E-state index contributed by atoms with van der Waals surface area (Å²) < 4.78 is 20.5. The fourth-order valence-corrected chi connectivity index (χ4v) is 5.08. The van der Waals surface area contributed by atoms with Crippen LogP contribution in [0.3, 0.4) is 0 Å². The van der Waals surface area contributed by atoms with Crippen molar-refractivity contribution in [2.24, 2.45) is 5.92 Å². The van der Waals surface area contributed by atoms with Gasteiger partial charge in [-0.25, -0.2) is 9.37 Å². The number of rotatable bonds is 9. The maximum atomic E-state index is 14.6. The molecule has 0 radical (unpaired) electrons. The number of nitrogens with one attached hydrogen (secondary N) is 3. The molecule has 43 heavy (non-hydrogen) atoms. The van der Waals surface area contributed by atoms with Gasteiger partial charge in [-0.2, -0.15) is 5.10 Å². The molecule has 0 spiro atoms. The maximum absolute atomic E-state index is 14.6. The van der Waals surface area contributed by atoms with E-state index in [1.165, 1.54) is 12.1 Å². The highest BCUT2D eigenvalue weighted by Gasteiger charge is 2.29. The van der Waals surface area contributed by atoms with Crippen LogP contribution in [0.25, 0.3) is 55.6 Å². The molecule has 1 amide bonds. The van der Waals surface area contributed by atoms with Crippen LogP contribution < -0.4 is 10.1 Å². The lowest BCUT2D eigenvalue weighted by Crippen LogP contribution is -2.19. The van der Waals surface area contributed by atoms with Gasteiger partial charge in [-0.3, -0.25) is 19.9 Å². The van der Waals surface area contributed by atoms with Crippen LogP contribution in [-0.4, -0.2) is 68.2 Å². The molecule has 0 aliphatic heterocycles. The lowest BCUT2D eigenvalue weighted by molar-refractivity contribution is -0.117. The number of amides is 1. The third-order valence-corrected chi connectivity index (χ3v) is 7.50. The van der Waals surface area contributed by atoms with Crippen LogP contribution >= 0.6 is 0 Å². The van der Waals surface area contributed by atoms with Gasteiger partial charge in [0.1, 0.15) is 18.2 Å². The Morgan fingerprint density at radius 2 is 1.81 bits per heavy atom. The van der Waals surface area contributed by atoms with Gasteiger partial charge in [0.05, 0.1) is 35.0 Å². The number of ether oxygens (including phenoxy) is 1. The second kappa shape index (κ2) is 10.9. The molecule has 5 aromatic heterocycles. The number of aromatic nitrogens is 6. The molecule has 1 saturated carbocycles. The van der Waals surface area contributed by atoms with E-state index in [0.29, 0.717) is 29.3 Å². The molecule has 5 heterocycles. The second-order valence-corrected chi connectivity index (χ2v) is 11.1. The van der Waals surface area contributed by atoms with E-state index >= 15 is 0 Å². The Morgan fingerprint density at radius 3 is 2.65 bits per heavy atom. The number of H-pyrrole nitrogens is 2. The SMILES string of the molecule is CN(C)CCOc1cc(F)cc(-c2cncc3[nH]c(-c4[nH]nc5ncc(-c6cncc(NC(=O)C7CC7)c6)cc45)cc23)c1. The van der Waals surface area contributed by atoms with Crippen LogP contribution in [0.15, 0.2) is 67.4 Å². The first-order valence-corrected chi connectivity index (χ1v) is 14.1. The quantitative estimate of drug-likeness (QED) is 0.203. The number of halogens is 1. The van der Waals surface area contributed by atoms with Crippen LogP contribution in [0.5, 0.6) is 5.75 Å². The second-order valence-electron chi connectivity index (χ2n) is 11.1. The summed E-state index contributed by atoms with van der Waals surface area (Å²) in [6.45, 7) is 1.17. The third kappa shape index (κ3) is 5.54. The Balaban J connectivity index is 1.23. The van der Waals surface area contributed by atoms with Gasteiger partial charge in [-0.05, 0) is 62.8 Å². The van der Waals surface area contributed by atoms with Crippen molar-refractivity contribution in [3.05, 3.63) is 73.2 Å². The Hall–Kier alpha value is -5.16. The molecule has 11 heteroatoms. The molecule has 1 aliphatic carbocycles. The van der Waals surface area contributed by atoms with Crippen molar-refractivity contribution >= 4 is 33.5 Å². The number of anilines is 1. The molecular weight excluding hydrogens is 547 g/mol. The monoisotopic (exact) mass is 576 g/mol. The summed E-state index contributed by atoms with van der Waals surface area (Å²) in [5.74, 6) is 0.220.